The minimum atomic E-state index is -0.283. The summed E-state index contributed by atoms with van der Waals surface area (Å²) in [6.45, 7) is 2.73. The molecular weight excluding hydrogens is 473 g/mol. The number of fused-ring (bicyclic) bond motifs is 5. The molecular formula is C26H26FN9O. The van der Waals surface area contributed by atoms with Gasteiger partial charge < -0.3 is 24.8 Å². The van der Waals surface area contributed by atoms with Crippen LogP contribution in [-0.4, -0.2) is 62.4 Å². The molecule has 1 aliphatic carbocycles. The molecule has 2 unspecified atom stereocenters. The van der Waals surface area contributed by atoms with Gasteiger partial charge in [0.1, 0.15) is 23.7 Å². The van der Waals surface area contributed by atoms with E-state index in [1.54, 1.807) is 24.8 Å². The number of aromatic nitrogens is 6. The largest absolute Gasteiger partial charge is 0.423 e. The highest BCUT2D eigenvalue weighted by Crippen LogP contribution is 2.46. The van der Waals surface area contributed by atoms with Gasteiger partial charge in [0, 0.05) is 69.2 Å². The fourth-order valence-corrected chi connectivity index (χ4v) is 5.84. The normalized spacial score (nSPS) is 19.6. The molecule has 3 aromatic heterocycles. The Bertz CT molecular complexity index is 1510. The summed E-state index contributed by atoms with van der Waals surface area (Å²) in [6, 6.07) is 5.64. The van der Waals surface area contributed by atoms with Gasteiger partial charge in [-0.15, -0.1) is 10.2 Å². The molecule has 11 heteroatoms. The zero-order valence-electron chi connectivity index (χ0n) is 20.6. The lowest BCUT2D eigenvalue weighted by Crippen LogP contribution is -2.41. The maximum atomic E-state index is 14.6. The van der Waals surface area contributed by atoms with Crippen LogP contribution in [0.15, 0.2) is 36.9 Å². The van der Waals surface area contributed by atoms with Gasteiger partial charge in [0.05, 0.1) is 11.9 Å². The molecule has 7 rings (SSSR count). The summed E-state index contributed by atoms with van der Waals surface area (Å²) >= 11 is 0. The summed E-state index contributed by atoms with van der Waals surface area (Å²) in [5.41, 5.74) is 5.14. The Morgan fingerprint density at radius 1 is 1.16 bits per heavy atom. The number of benzene rings is 1. The van der Waals surface area contributed by atoms with Crippen LogP contribution >= 0.6 is 0 Å². The van der Waals surface area contributed by atoms with Gasteiger partial charge in [0.2, 0.25) is 0 Å². The molecule has 2 aliphatic heterocycles. The van der Waals surface area contributed by atoms with Crippen LogP contribution in [0.4, 0.5) is 15.9 Å². The third-order valence-corrected chi connectivity index (χ3v) is 7.47. The Morgan fingerprint density at radius 3 is 2.89 bits per heavy atom. The standard InChI is InChI=1S/C26H26FN9O/c1-28-21-6-16(27)5-20-19(21)7-22-23(20)25(36-11-14-3-17(12-36)30-8-14)33-26(32-22)37-18-4-15(9-29-10-18)24-34-31-13-35(24)2/h4-6,9-10,13-14,17,28,30H,3,7-8,11-12H2,1-2H3. The molecule has 188 valence electrons. The quantitative estimate of drug-likeness (QED) is 0.377. The maximum absolute atomic E-state index is 14.6. The first kappa shape index (κ1) is 22.1. The van der Waals surface area contributed by atoms with E-state index in [4.69, 9.17) is 14.7 Å². The summed E-state index contributed by atoms with van der Waals surface area (Å²) in [5, 5.41) is 14.9. The zero-order valence-corrected chi connectivity index (χ0v) is 20.6. The minimum absolute atomic E-state index is 0.246. The van der Waals surface area contributed by atoms with E-state index in [0.717, 1.165) is 59.1 Å². The topological polar surface area (TPSA) is 106 Å². The monoisotopic (exact) mass is 499 g/mol. The van der Waals surface area contributed by atoms with Crippen molar-refractivity contribution in [3.8, 4) is 34.3 Å². The van der Waals surface area contributed by atoms with E-state index >= 15 is 0 Å². The molecule has 0 radical (unpaired) electrons. The Balaban J connectivity index is 1.31. The van der Waals surface area contributed by atoms with Crippen molar-refractivity contribution < 1.29 is 9.13 Å². The molecule has 10 nitrogen and oxygen atoms in total. The number of nitrogens with zero attached hydrogens (tertiary/aromatic N) is 7. The van der Waals surface area contributed by atoms with Crippen LogP contribution < -0.4 is 20.3 Å². The molecule has 2 atom stereocenters. The summed E-state index contributed by atoms with van der Waals surface area (Å²) in [4.78, 5) is 16.3. The number of halogens is 1. The predicted molar refractivity (Wildman–Crippen MR) is 136 cm³/mol. The molecule has 2 fully saturated rings. The number of pyridine rings is 1. The van der Waals surface area contributed by atoms with Crippen LogP contribution in [0.25, 0.3) is 22.5 Å². The molecule has 2 N–H and O–H groups in total. The molecule has 2 bridgehead atoms. The number of hydrogen-bond acceptors (Lipinski definition) is 9. The van der Waals surface area contributed by atoms with Gasteiger partial charge in [0.15, 0.2) is 5.82 Å². The number of piperidine rings is 1. The van der Waals surface area contributed by atoms with E-state index in [9.17, 15) is 4.39 Å². The molecule has 5 heterocycles. The Morgan fingerprint density at radius 2 is 2.08 bits per heavy atom. The number of hydrogen-bond donors (Lipinski definition) is 2. The molecule has 0 amide bonds. The number of rotatable bonds is 5. The highest BCUT2D eigenvalue weighted by molar-refractivity contribution is 5.88. The van der Waals surface area contributed by atoms with Gasteiger partial charge >= 0.3 is 6.01 Å². The lowest BCUT2D eigenvalue weighted by atomic mass is 9.98. The molecule has 2 saturated heterocycles. The third-order valence-electron chi connectivity index (χ3n) is 7.47. The van der Waals surface area contributed by atoms with Gasteiger partial charge in [-0.25, -0.2) is 4.39 Å². The average Bonchev–Trinajstić information content (AvgIpc) is 3.59. The van der Waals surface area contributed by atoms with Crippen LogP contribution in [-0.2, 0) is 13.5 Å². The van der Waals surface area contributed by atoms with Crippen molar-refractivity contribution in [2.45, 2.75) is 18.9 Å². The second-order valence-electron chi connectivity index (χ2n) is 9.95. The fraction of sp³-hybridized carbons (Fsp3) is 0.346. The summed E-state index contributed by atoms with van der Waals surface area (Å²) in [6.07, 6.45) is 6.72. The second kappa shape index (κ2) is 8.48. The average molecular weight is 500 g/mol. The smallest absolute Gasteiger partial charge is 0.324 e. The number of nitrogens with one attached hydrogen (secondary N) is 2. The first-order chi connectivity index (χ1) is 18.1. The summed E-state index contributed by atoms with van der Waals surface area (Å²) < 4.78 is 22.6. The minimum Gasteiger partial charge on any atom is -0.423 e. The molecule has 4 aromatic rings. The number of anilines is 2. The van der Waals surface area contributed by atoms with Crippen LogP contribution in [0.3, 0.4) is 0 Å². The van der Waals surface area contributed by atoms with Gasteiger partial charge in [-0.05, 0) is 41.7 Å². The highest BCUT2D eigenvalue weighted by atomic mass is 19.1. The van der Waals surface area contributed by atoms with Crippen molar-refractivity contribution in [1.29, 1.82) is 0 Å². The SMILES string of the molecule is CNc1cc(F)cc2c1Cc1nc(Oc3cncc(-c4nncn4C)c3)nc(N3CC4CNC(C4)C3)c1-2. The molecule has 0 saturated carbocycles. The number of aryl methyl sites for hydroxylation is 1. The van der Waals surface area contributed by atoms with E-state index in [2.05, 4.69) is 30.7 Å². The molecule has 1 aromatic carbocycles. The van der Waals surface area contributed by atoms with Crippen LogP contribution in [0.5, 0.6) is 11.8 Å². The van der Waals surface area contributed by atoms with Gasteiger partial charge in [-0.1, -0.05) is 0 Å². The van der Waals surface area contributed by atoms with Gasteiger partial charge in [-0.3, -0.25) is 4.98 Å². The lowest BCUT2D eigenvalue weighted by Gasteiger charge is -2.33. The van der Waals surface area contributed by atoms with Crippen molar-refractivity contribution in [2.75, 3.05) is 36.9 Å². The van der Waals surface area contributed by atoms with Crippen LogP contribution in [0.2, 0.25) is 0 Å². The van der Waals surface area contributed by atoms with E-state index in [1.165, 1.54) is 12.5 Å². The Hall–Kier alpha value is -4.12. The van der Waals surface area contributed by atoms with E-state index in [0.29, 0.717) is 30.0 Å². The molecule has 0 spiro atoms. The predicted octanol–water partition coefficient (Wildman–Crippen LogP) is 3.01. The molecule has 3 aliphatic rings. The summed E-state index contributed by atoms with van der Waals surface area (Å²) in [5.74, 6) is 2.25. The van der Waals surface area contributed by atoms with E-state index in [-0.39, 0.29) is 11.8 Å². The van der Waals surface area contributed by atoms with Gasteiger partial charge in [0.25, 0.3) is 0 Å². The molecule has 37 heavy (non-hydrogen) atoms. The van der Waals surface area contributed by atoms with E-state index in [1.807, 2.05) is 24.7 Å². The van der Waals surface area contributed by atoms with Crippen molar-refractivity contribution in [3.05, 3.63) is 54.0 Å². The first-order valence-corrected chi connectivity index (χ1v) is 12.4. The second-order valence-corrected chi connectivity index (χ2v) is 9.95. The Labute approximate surface area is 212 Å². The van der Waals surface area contributed by atoms with E-state index < -0.39 is 0 Å². The third kappa shape index (κ3) is 3.77. The zero-order chi connectivity index (χ0) is 25.1. The van der Waals surface area contributed by atoms with Crippen molar-refractivity contribution in [3.63, 3.8) is 0 Å². The van der Waals surface area contributed by atoms with Crippen molar-refractivity contribution >= 4 is 11.5 Å². The Kier molecular flexibility index (Phi) is 5.07. The lowest BCUT2D eigenvalue weighted by molar-refractivity contribution is 0.433. The highest BCUT2D eigenvalue weighted by Gasteiger charge is 2.37. The van der Waals surface area contributed by atoms with Gasteiger partial charge in [-0.2, -0.15) is 9.97 Å². The van der Waals surface area contributed by atoms with Crippen molar-refractivity contribution in [2.24, 2.45) is 13.0 Å². The fourth-order valence-electron chi connectivity index (χ4n) is 5.84. The first-order valence-electron chi connectivity index (χ1n) is 12.4. The van der Waals surface area contributed by atoms with Crippen molar-refractivity contribution in [1.82, 2.24) is 35.0 Å². The summed E-state index contributed by atoms with van der Waals surface area (Å²) in [7, 11) is 3.68. The van der Waals surface area contributed by atoms with Crippen LogP contribution in [0.1, 0.15) is 17.7 Å². The van der Waals surface area contributed by atoms with Crippen LogP contribution in [0, 0.1) is 11.7 Å². The number of ether oxygens (including phenoxy) is 1. The maximum Gasteiger partial charge on any atom is 0.324 e.